The fourth-order valence-corrected chi connectivity index (χ4v) is 6.41. The number of aromatic nitrogens is 2. The minimum Gasteiger partial charge on any atom is -0.496 e. The number of pyridine rings is 2. The fourth-order valence-electron chi connectivity index (χ4n) is 5.76. The standard InChI is InChI=1S/C35H39Cl2N5O4/c1-21(43)19-42(2)20-24-9-8-22(16-30(24)45-3)34-33(37)27(14-15-39-34)26-6-5-7-28(32(26)36)29-12-10-23(35(41-29)46-4)17-38-18-25-11-13-31(44)40-25/h5-10,12,14-16,21,25,38,43H,11,13,17-20H2,1-4H3,(H,40,44)/t21?,25-/m0/s1. The number of likely N-dealkylation sites (N-methyl/N-ethyl adjacent to an activating group) is 1. The van der Waals surface area contributed by atoms with Crippen molar-refractivity contribution in [2.24, 2.45) is 0 Å². The smallest absolute Gasteiger partial charge is 0.220 e. The van der Waals surface area contributed by atoms with Gasteiger partial charge in [0.15, 0.2) is 0 Å². The van der Waals surface area contributed by atoms with Gasteiger partial charge >= 0.3 is 0 Å². The van der Waals surface area contributed by atoms with Crippen LogP contribution in [0.3, 0.4) is 0 Å². The third-order valence-corrected chi connectivity index (χ3v) is 8.74. The minimum absolute atomic E-state index is 0.0990. The highest BCUT2D eigenvalue weighted by atomic mass is 35.5. The van der Waals surface area contributed by atoms with Gasteiger partial charge in [-0.1, -0.05) is 59.6 Å². The van der Waals surface area contributed by atoms with Crippen LogP contribution in [0.5, 0.6) is 11.6 Å². The summed E-state index contributed by atoms with van der Waals surface area (Å²) in [6.45, 7) is 4.16. The van der Waals surface area contributed by atoms with Gasteiger partial charge in [-0.3, -0.25) is 14.7 Å². The molecule has 5 rings (SSSR count). The van der Waals surface area contributed by atoms with Crippen molar-refractivity contribution in [1.29, 1.82) is 0 Å². The summed E-state index contributed by atoms with van der Waals surface area (Å²) >= 11 is 14.1. The van der Waals surface area contributed by atoms with Crippen molar-refractivity contribution in [3.8, 4) is 45.3 Å². The number of rotatable bonds is 13. The number of carbonyl (C=O) groups excluding carboxylic acids is 1. The average Bonchev–Trinajstić information content (AvgIpc) is 3.46. The molecule has 0 bridgehead atoms. The molecule has 0 radical (unpaired) electrons. The summed E-state index contributed by atoms with van der Waals surface area (Å²) < 4.78 is 11.3. The van der Waals surface area contributed by atoms with Crippen LogP contribution in [-0.4, -0.2) is 72.4 Å². The van der Waals surface area contributed by atoms with Crippen molar-refractivity contribution in [1.82, 2.24) is 25.5 Å². The van der Waals surface area contributed by atoms with Gasteiger partial charge in [0.1, 0.15) is 5.75 Å². The van der Waals surface area contributed by atoms with Crippen molar-refractivity contribution in [3.63, 3.8) is 0 Å². The predicted octanol–water partition coefficient (Wildman–Crippen LogP) is 5.98. The van der Waals surface area contributed by atoms with Crippen molar-refractivity contribution in [2.75, 3.05) is 34.4 Å². The molecule has 3 N–H and O–H groups in total. The zero-order valence-electron chi connectivity index (χ0n) is 26.4. The zero-order chi connectivity index (χ0) is 32.8. The number of halogens is 2. The lowest BCUT2D eigenvalue weighted by Gasteiger charge is -2.20. The van der Waals surface area contributed by atoms with E-state index in [0.717, 1.165) is 39.8 Å². The van der Waals surface area contributed by atoms with E-state index in [-0.39, 0.29) is 11.9 Å². The molecule has 1 aliphatic rings. The summed E-state index contributed by atoms with van der Waals surface area (Å²) in [6.07, 6.45) is 2.70. The Kier molecular flexibility index (Phi) is 11.1. The third-order valence-electron chi connectivity index (χ3n) is 7.95. The molecule has 1 aliphatic heterocycles. The maximum absolute atomic E-state index is 11.5. The van der Waals surface area contributed by atoms with Gasteiger partial charge in [-0.05, 0) is 38.6 Å². The minimum atomic E-state index is -0.426. The van der Waals surface area contributed by atoms with Crippen molar-refractivity contribution >= 4 is 29.1 Å². The molecule has 2 atom stereocenters. The van der Waals surface area contributed by atoms with E-state index in [9.17, 15) is 9.90 Å². The van der Waals surface area contributed by atoms with Crippen molar-refractivity contribution in [3.05, 3.63) is 82.0 Å². The Bertz CT molecular complexity index is 1700. The van der Waals surface area contributed by atoms with Gasteiger partial charge in [0, 0.05) is 78.2 Å². The highest BCUT2D eigenvalue weighted by Gasteiger charge is 2.21. The summed E-state index contributed by atoms with van der Waals surface area (Å²) in [5.41, 5.74) is 6.21. The van der Waals surface area contributed by atoms with Crippen LogP contribution in [0.4, 0.5) is 0 Å². The van der Waals surface area contributed by atoms with Crippen LogP contribution < -0.4 is 20.1 Å². The van der Waals surface area contributed by atoms with Crippen molar-refractivity contribution < 1.29 is 19.4 Å². The number of ether oxygens (including phenoxy) is 2. The third kappa shape index (κ3) is 7.79. The Labute approximate surface area is 279 Å². The first kappa shape index (κ1) is 33.6. The molecule has 1 amide bonds. The first-order valence-electron chi connectivity index (χ1n) is 15.2. The van der Waals surface area contributed by atoms with Crippen LogP contribution in [0.25, 0.3) is 33.6 Å². The molecular formula is C35H39Cl2N5O4. The second kappa shape index (κ2) is 15.2. The van der Waals surface area contributed by atoms with Gasteiger partial charge in [-0.25, -0.2) is 4.98 Å². The van der Waals surface area contributed by atoms with Gasteiger partial charge in [-0.2, -0.15) is 0 Å². The number of aliphatic hydroxyl groups excluding tert-OH is 1. The van der Waals surface area contributed by atoms with E-state index in [1.807, 2.05) is 66.5 Å². The summed E-state index contributed by atoms with van der Waals surface area (Å²) in [5.74, 6) is 1.31. The fraction of sp³-hybridized carbons (Fsp3) is 0.343. The van der Waals surface area contributed by atoms with E-state index in [4.69, 9.17) is 37.7 Å². The predicted molar refractivity (Wildman–Crippen MR) is 182 cm³/mol. The quantitative estimate of drug-likeness (QED) is 0.160. The van der Waals surface area contributed by atoms with Gasteiger partial charge < -0.3 is 25.2 Å². The lowest BCUT2D eigenvalue weighted by atomic mass is 9.99. The van der Waals surface area contributed by atoms with E-state index in [1.54, 1.807) is 27.3 Å². The maximum Gasteiger partial charge on any atom is 0.220 e. The molecule has 2 aromatic carbocycles. The maximum atomic E-state index is 11.5. The van der Waals surface area contributed by atoms with E-state index < -0.39 is 6.10 Å². The molecule has 1 fully saturated rings. The number of hydrogen-bond acceptors (Lipinski definition) is 8. The number of amides is 1. The molecule has 46 heavy (non-hydrogen) atoms. The molecular weight excluding hydrogens is 625 g/mol. The number of hydrogen-bond donors (Lipinski definition) is 3. The Morgan fingerprint density at radius 2 is 1.80 bits per heavy atom. The molecule has 2 aromatic heterocycles. The number of nitrogens with one attached hydrogen (secondary N) is 2. The molecule has 4 aromatic rings. The number of aliphatic hydroxyl groups is 1. The first-order chi connectivity index (χ1) is 22.2. The summed E-state index contributed by atoms with van der Waals surface area (Å²) in [4.78, 5) is 22.9. The van der Waals surface area contributed by atoms with E-state index in [0.29, 0.717) is 65.7 Å². The largest absolute Gasteiger partial charge is 0.496 e. The van der Waals surface area contributed by atoms with Crippen molar-refractivity contribution in [2.45, 2.75) is 45.0 Å². The highest BCUT2D eigenvalue weighted by Crippen LogP contribution is 2.42. The summed E-state index contributed by atoms with van der Waals surface area (Å²) in [5, 5.41) is 17.1. The molecule has 9 nitrogen and oxygen atoms in total. The lowest BCUT2D eigenvalue weighted by Crippen LogP contribution is -2.35. The number of nitrogens with zero attached hydrogens (tertiary/aromatic N) is 3. The number of carbonyl (C=O) groups is 1. The monoisotopic (exact) mass is 663 g/mol. The van der Waals surface area contributed by atoms with E-state index >= 15 is 0 Å². The van der Waals surface area contributed by atoms with Gasteiger partial charge in [-0.15, -0.1) is 0 Å². The lowest BCUT2D eigenvalue weighted by molar-refractivity contribution is -0.119. The molecule has 242 valence electrons. The number of benzene rings is 2. The molecule has 1 unspecified atom stereocenters. The second-order valence-electron chi connectivity index (χ2n) is 11.6. The Morgan fingerprint density at radius 3 is 2.52 bits per heavy atom. The second-order valence-corrected chi connectivity index (χ2v) is 12.3. The molecule has 0 aliphatic carbocycles. The van der Waals surface area contributed by atoms with Crippen LogP contribution in [0.15, 0.2) is 60.8 Å². The Morgan fingerprint density at radius 1 is 1.04 bits per heavy atom. The summed E-state index contributed by atoms with van der Waals surface area (Å²) in [6, 6.07) is 17.6. The van der Waals surface area contributed by atoms with Crippen LogP contribution in [-0.2, 0) is 17.9 Å². The first-order valence-corrected chi connectivity index (χ1v) is 16.0. The Hall–Kier alpha value is -3.73. The van der Waals surface area contributed by atoms with E-state index in [1.165, 1.54) is 0 Å². The van der Waals surface area contributed by atoms with Crippen LogP contribution in [0.1, 0.15) is 30.9 Å². The normalized spacial score (nSPS) is 15.2. The van der Waals surface area contributed by atoms with Gasteiger partial charge in [0.25, 0.3) is 0 Å². The van der Waals surface area contributed by atoms with Crippen LogP contribution >= 0.6 is 23.2 Å². The highest BCUT2D eigenvalue weighted by molar-refractivity contribution is 6.39. The number of methoxy groups -OCH3 is 2. The summed E-state index contributed by atoms with van der Waals surface area (Å²) in [7, 11) is 5.19. The SMILES string of the molecule is COc1cc(-c2nccc(-c3cccc(-c4ccc(CNC[C@@H]5CCC(=O)N5)c(OC)n4)c3Cl)c2Cl)ccc1CN(C)CC(C)O. The van der Waals surface area contributed by atoms with Crippen LogP contribution in [0.2, 0.25) is 10.0 Å². The van der Waals surface area contributed by atoms with E-state index in [2.05, 4.69) is 15.6 Å². The molecule has 11 heteroatoms. The van der Waals surface area contributed by atoms with Gasteiger partial charge in [0.05, 0.1) is 41.8 Å². The zero-order valence-corrected chi connectivity index (χ0v) is 28.0. The topological polar surface area (TPSA) is 109 Å². The molecule has 3 heterocycles. The molecule has 0 saturated carbocycles. The van der Waals surface area contributed by atoms with Gasteiger partial charge in [0.2, 0.25) is 11.8 Å². The molecule has 0 spiro atoms. The molecule has 1 saturated heterocycles. The van der Waals surface area contributed by atoms with Crippen LogP contribution in [0, 0.1) is 0 Å². The average molecular weight is 665 g/mol. The Balaban J connectivity index is 1.40.